The van der Waals surface area contributed by atoms with Gasteiger partial charge in [0.05, 0.1) is 11.5 Å². The Balaban J connectivity index is 2.20. The maximum Gasteiger partial charge on any atom is 0.310 e. The van der Waals surface area contributed by atoms with Gasteiger partial charge in [-0.2, -0.15) is 0 Å². The molecular weight excluding hydrogens is 395 g/mol. The number of esters is 1. The molecule has 0 N–H and O–H groups in total. The fourth-order valence-electron chi connectivity index (χ4n) is 2.91. The van der Waals surface area contributed by atoms with E-state index in [0.29, 0.717) is 0 Å². The molecule has 2 nitrogen and oxygen atoms in total. The fourth-order valence-corrected chi connectivity index (χ4v) is 3.19. The van der Waals surface area contributed by atoms with Crippen LogP contribution < -0.4 is 0 Å². The van der Waals surface area contributed by atoms with Crippen LogP contribution in [0.1, 0.15) is 25.0 Å². The number of carbonyl (C=O) groups is 1. The first kappa shape index (κ1) is 20.6. The van der Waals surface area contributed by atoms with Crippen LogP contribution in [0.15, 0.2) is 10.6 Å². The molecular formula is C18H14Cl2F4O2. The molecule has 1 saturated carbocycles. The smallest absolute Gasteiger partial charge is 0.310 e. The molecule has 1 aromatic rings. The SMILES string of the molecule is C#CCc1c(F)c(F)c(COC(=O)[C@H]2[C@@H](C=C(Cl)Cl)C2(C)C)c(F)c1F. The molecule has 0 saturated heterocycles. The number of hydrogen-bond donors (Lipinski definition) is 0. The van der Waals surface area contributed by atoms with Gasteiger partial charge in [-0.25, -0.2) is 17.6 Å². The summed E-state index contributed by atoms with van der Waals surface area (Å²) >= 11 is 11.2. The molecule has 0 aliphatic heterocycles. The van der Waals surface area contributed by atoms with Crippen LogP contribution in [-0.2, 0) is 22.6 Å². The fraction of sp³-hybridized carbons (Fsp3) is 0.389. The summed E-state index contributed by atoms with van der Waals surface area (Å²) < 4.78 is 60.6. The first-order valence-corrected chi connectivity index (χ1v) is 8.26. The minimum absolute atomic E-state index is 0.0243. The Kier molecular flexibility index (Phi) is 5.94. The number of terminal acetylenes is 1. The molecule has 0 bridgehead atoms. The van der Waals surface area contributed by atoms with Crippen LogP contribution in [0.2, 0.25) is 0 Å². The zero-order chi connectivity index (χ0) is 19.8. The zero-order valence-corrected chi connectivity index (χ0v) is 15.3. The molecule has 0 aromatic heterocycles. The van der Waals surface area contributed by atoms with E-state index in [-0.39, 0.29) is 10.4 Å². The number of benzene rings is 1. The predicted octanol–water partition coefficient (Wildman–Crippen LogP) is 5.05. The van der Waals surface area contributed by atoms with Gasteiger partial charge in [-0.3, -0.25) is 4.79 Å². The third-order valence-electron chi connectivity index (χ3n) is 4.55. The molecule has 0 amide bonds. The highest BCUT2D eigenvalue weighted by atomic mass is 35.5. The monoisotopic (exact) mass is 408 g/mol. The number of hydrogen-bond acceptors (Lipinski definition) is 2. The summed E-state index contributed by atoms with van der Waals surface area (Å²) in [4.78, 5) is 12.2. The minimum Gasteiger partial charge on any atom is -0.460 e. The maximum absolute atomic E-state index is 14.0. The lowest BCUT2D eigenvalue weighted by Crippen LogP contribution is -2.14. The molecule has 0 unspecified atom stereocenters. The summed E-state index contributed by atoms with van der Waals surface area (Å²) in [5, 5.41) is 0. The van der Waals surface area contributed by atoms with Gasteiger partial charge in [-0.15, -0.1) is 12.3 Å². The van der Waals surface area contributed by atoms with Crippen LogP contribution in [0.3, 0.4) is 0 Å². The normalized spacial score (nSPS) is 20.3. The molecule has 0 heterocycles. The number of ether oxygens (including phenoxy) is 1. The van der Waals surface area contributed by atoms with E-state index in [1.807, 2.05) is 5.92 Å². The average Bonchev–Trinajstić information content (AvgIpc) is 3.09. The summed E-state index contributed by atoms with van der Waals surface area (Å²) in [6.07, 6.45) is 5.77. The van der Waals surface area contributed by atoms with Crippen molar-refractivity contribution < 1.29 is 27.1 Å². The standard InChI is InChI=1S/C18H14Cl2F4O2/c1-4-5-8-13(21)15(23)9(16(24)14(8)22)7-26-17(25)12-10(6-11(19)20)18(12,2)3/h1,6,10,12H,5,7H2,2-3H3/t10-,12-/m1/s1. The van der Waals surface area contributed by atoms with E-state index in [1.165, 1.54) is 6.08 Å². The largest absolute Gasteiger partial charge is 0.460 e. The second-order valence-corrected chi connectivity index (χ2v) is 7.49. The summed E-state index contributed by atoms with van der Waals surface area (Å²) in [6.45, 7) is 2.55. The van der Waals surface area contributed by atoms with E-state index in [9.17, 15) is 22.4 Å². The van der Waals surface area contributed by atoms with Gasteiger partial charge in [0.15, 0.2) is 23.3 Å². The molecule has 26 heavy (non-hydrogen) atoms. The lowest BCUT2D eigenvalue weighted by atomic mass is 10.1. The highest BCUT2D eigenvalue weighted by Gasteiger charge is 2.61. The Hall–Kier alpha value is -1.71. The van der Waals surface area contributed by atoms with Gasteiger partial charge in [0.1, 0.15) is 11.1 Å². The van der Waals surface area contributed by atoms with Gasteiger partial charge in [0.2, 0.25) is 0 Å². The van der Waals surface area contributed by atoms with Crippen molar-refractivity contribution in [3.05, 3.63) is 45.0 Å². The van der Waals surface area contributed by atoms with E-state index in [2.05, 4.69) is 0 Å². The van der Waals surface area contributed by atoms with Crippen molar-refractivity contribution in [2.45, 2.75) is 26.9 Å². The molecule has 2 rings (SSSR count). The molecule has 0 radical (unpaired) electrons. The van der Waals surface area contributed by atoms with Gasteiger partial charge in [0, 0.05) is 12.0 Å². The second kappa shape index (κ2) is 7.50. The number of carbonyl (C=O) groups excluding carboxylic acids is 1. The summed E-state index contributed by atoms with van der Waals surface area (Å²) in [7, 11) is 0. The van der Waals surface area contributed by atoms with Crippen LogP contribution >= 0.6 is 23.2 Å². The van der Waals surface area contributed by atoms with E-state index in [1.54, 1.807) is 13.8 Å². The van der Waals surface area contributed by atoms with Crippen LogP contribution in [0.5, 0.6) is 0 Å². The first-order valence-electron chi connectivity index (χ1n) is 7.50. The quantitative estimate of drug-likeness (QED) is 0.294. The Morgan fingerprint density at radius 3 is 2.12 bits per heavy atom. The molecule has 2 atom stereocenters. The summed E-state index contributed by atoms with van der Waals surface area (Å²) in [6, 6.07) is 0. The van der Waals surface area contributed by atoms with E-state index in [4.69, 9.17) is 34.4 Å². The zero-order valence-electron chi connectivity index (χ0n) is 13.8. The molecule has 1 aliphatic rings. The van der Waals surface area contributed by atoms with Gasteiger partial charge < -0.3 is 4.74 Å². The molecule has 1 fully saturated rings. The highest BCUT2D eigenvalue weighted by Crippen LogP contribution is 2.60. The number of halogens is 6. The van der Waals surface area contributed by atoms with E-state index in [0.717, 1.165) is 0 Å². The number of rotatable bonds is 5. The van der Waals surface area contributed by atoms with E-state index >= 15 is 0 Å². The van der Waals surface area contributed by atoms with E-state index < -0.39 is 64.7 Å². The first-order chi connectivity index (χ1) is 12.0. The van der Waals surface area contributed by atoms with Crippen molar-refractivity contribution in [3.8, 4) is 12.3 Å². The third-order valence-corrected chi connectivity index (χ3v) is 4.80. The second-order valence-electron chi connectivity index (χ2n) is 6.48. The number of allylic oxidation sites excluding steroid dienone is 1. The van der Waals surface area contributed by atoms with Crippen LogP contribution in [-0.4, -0.2) is 5.97 Å². The Bertz CT molecular complexity index is 794. The van der Waals surface area contributed by atoms with Gasteiger partial charge in [0.25, 0.3) is 0 Å². The Morgan fingerprint density at radius 1 is 1.15 bits per heavy atom. The van der Waals surface area contributed by atoms with Crippen molar-refractivity contribution in [3.63, 3.8) is 0 Å². The maximum atomic E-state index is 14.0. The van der Waals surface area contributed by atoms with Crippen molar-refractivity contribution in [1.82, 2.24) is 0 Å². The minimum atomic E-state index is -1.64. The molecule has 1 aliphatic carbocycles. The van der Waals surface area contributed by atoms with Gasteiger partial charge in [-0.1, -0.05) is 37.0 Å². The van der Waals surface area contributed by atoms with Crippen molar-refractivity contribution in [1.29, 1.82) is 0 Å². The van der Waals surface area contributed by atoms with Crippen LogP contribution in [0, 0.1) is 52.9 Å². The van der Waals surface area contributed by atoms with Crippen molar-refractivity contribution >= 4 is 29.2 Å². The molecule has 140 valence electrons. The van der Waals surface area contributed by atoms with Gasteiger partial charge in [-0.05, 0) is 17.4 Å². The highest BCUT2D eigenvalue weighted by molar-refractivity contribution is 6.55. The Labute approximate surface area is 158 Å². The summed E-state index contributed by atoms with van der Waals surface area (Å²) in [5.41, 5.74) is -2.42. The van der Waals surface area contributed by atoms with Crippen molar-refractivity contribution in [2.24, 2.45) is 17.3 Å². The molecule has 8 heteroatoms. The van der Waals surface area contributed by atoms with Gasteiger partial charge >= 0.3 is 5.97 Å². The lowest BCUT2D eigenvalue weighted by Gasteiger charge is -2.11. The third kappa shape index (κ3) is 3.70. The predicted molar refractivity (Wildman–Crippen MR) is 89.2 cm³/mol. The summed E-state index contributed by atoms with van der Waals surface area (Å²) in [5.74, 6) is -6.31. The Morgan fingerprint density at radius 2 is 1.65 bits per heavy atom. The van der Waals surface area contributed by atoms with Crippen LogP contribution in [0.4, 0.5) is 17.6 Å². The average molecular weight is 409 g/mol. The molecule has 1 aromatic carbocycles. The lowest BCUT2D eigenvalue weighted by molar-refractivity contribution is -0.147. The van der Waals surface area contributed by atoms with Crippen molar-refractivity contribution in [2.75, 3.05) is 0 Å². The van der Waals surface area contributed by atoms with Crippen LogP contribution in [0.25, 0.3) is 0 Å². The topological polar surface area (TPSA) is 26.3 Å². The molecule has 0 spiro atoms.